The van der Waals surface area contributed by atoms with E-state index in [9.17, 15) is 9.59 Å². The number of hydrogen-bond acceptors (Lipinski definition) is 4. The summed E-state index contributed by atoms with van der Waals surface area (Å²) in [6.45, 7) is 2.09. The highest BCUT2D eigenvalue weighted by Gasteiger charge is 2.30. The molecule has 0 bridgehead atoms. The van der Waals surface area contributed by atoms with Crippen molar-refractivity contribution in [3.05, 3.63) is 70.7 Å². The van der Waals surface area contributed by atoms with Gasteiger partial charge >= 0.3 is 0 Å². The van der Waals surface area contributed by atoms with Crippen molar-refractivity contribution in [3.63, 3.8) is 0 Å². The SMILES string of the molecule is CC[C@H](C(=O)NC1CCCCC1)N(Cc1ccc(OC)cc1)C(=O)COc1ccc2ccccc2c1Br. The highest BCUT2D eigenvalue weighted by molar-refractivity contribution is 9.10. The predicted molar refractivity (Wildman–Crippen MR) is 150 cm³/mol. The van der Waals surface area contributed by atoms with E-state index in [1.807, 2.05) is 67.6 Å². The molecule has 1 N–H and O–H groups in total. The summed E-state index contributed by atoms with van der Waals surface area (Å²) in [5.74, 6) is 1.01. The lowest BCUT2D eigenvalue weighted by Gasteiger charge is -2.32. The maximum atomic E-state index is 13.6. The summed E-state index contributed by atoms with van der Waals surface area (Å²) < 4.78 is 12.1. The van der Waals surface area contributed by atoms with Crippen molar-refractivity contribution in [2.24, 2.45) is 0 Å². The normalized spacial score (nSPS) is 14.7. The number of carbonyl (C=O) groups is 2. The molecular formula is C30H35BrN2O4. The first-order valence-corrected chi connectivity index (χ1v) is 13.8. The molecule has 6 nitrogen and oxygen atoms in total. The molecule has 4 rings (SSSR count). The number of halogens is 1. The van der Waals surface area contributed by atoms with E-state index in [1.165, 1.54) is 6.42 Å². The van der Waals surface area contributed by atoms with Crippen LogP contribution in [0.15, 0.2) is 65.1 Å². The molecule has 2 amide bonds. The van der Waals surface area contributed by atoms with E-state index in [4.69, 9.17) is 9.47 Å². The van der Waals surface area contributed by atoms with Crippen LogP contribution in [0.4, 0.5) is 0 Å². The third-order valence-corrected chi connectivity index (χ3v) is 7.85. The maximum absolute atomic E-state index is 13.6. The number of nitrogens with one attached hydrogen (secondary N) is 1. The molecule has 0 aliphatic heterocycles. The number of nitrogens with zero attached hydrogens (tertiary/aromatic N) is 1. The van der Waals surface area contributed by atoms with Gasteiger partial charge in [-0.05, 0) is 69.7 Å². The Morgan fingerprint density at radius 1 is 1.03 bits per heavy atom. The topological polar surface area (TPSA) is 67.9 Å². The minimum Gasteiger partial charge on any atom is -0.497 e. The molecule has 1 aliphatic rings. The van der Waals surface area contributed by atoms with E-state index in [0.717, 1.165) is 52.2 Å². The summed E-state index contributed by atoms with van der Waals surface area (Å²) in [7, 11) is 1.62. The number of ether oxygens (including phenoxy) is 2. The van der Waals surface area contributed by atoms with Crippen LogP contribution in [-0.4, -0.2) is 42.5 Å². The second-order valence-electron chi connectivity index (χ2n) is 9.52. The third-order valence-electron chi connectivity index (χ3n) is 7.03. The molecule has 1 aliphatic carbocycles. The maximum Gasteiger partial charge on any atom is 0.261 e. The van der Waals surface area contributed by atoms with E-state index in [1.54, 1.807) is 12.0 Å². The van der Waals surface area contributed by atoms with Crippen molar-refractivity contribution >= 4 is 38.5 Å². The van der Waals surface area contributed by atoms with Gasteiger partial charge in [0.2, 0.25) is 5.91 Å². The molecular weight excluding hydrogens is 532 g/mol. The third kappa shape index (κ3) is 6.83. The summed E-state index contributed by atoms with van der Waals surface area (Å²) in [6, 6.07) is 19.0. The molecule has 1 saturated carbocycles. The van der Waals surface area contributed by atoms with Gasteiger partial charge in [0.1, 0.15) is 17.5 Å². The minimum atomic E-state index is -0.583. The summed E-state index contributed by atoms with van der Waals surface area (Å²) in [5.41, 5.74) is 0.921. The zero-order valence-electron chi connectivity index (χ0n) is 21.5. The molecule has 0 saturated heterocycles. The van der Waals surface area contributed by atoms with Gasteiger partial charge in [-0.1, -0.05) is 68.7 Å². The van der Waals surface area contributed by atoms with Crippen LogP contribution in [0.25, 0.3) is 10.8 Å². The fraction of sp³-hybridized carbons (Fsp3) is 0.400. The summed E-state index contributed by atoms with van der Waals surface area (Å²) in [5, 5.41) is 5.31. The zero-order chi connectivity index (χ0) is 26.2. The van der Waals surface area contributed by atoms with Crippen LogP contribution in [0, 0.1) is 0 Å². The van der Waals surface area contributed by atoms with Gasteiger partial charge in [-0.3, -0.25) is 9.59 Å². The Labute approximate surface area is 227 Å². The smallest absolute Gasteiger partial charge is 0.261 e. The van der Waals surface area contributed by atoms with E-state index < -0.39 is 6.04 Å². The van der Waals surface area contributed by atoms with Gasteiger partial charge < -0.3 is 19.7 Å². The van der Waals surface area contributed by atoms with Gasteiger partial charge in [-0.25, -0.2) is 0 Å². The molecule has 196 valence electrons. The zero-order valence-corrected chi connectivity index (χ0v) is 23.1. The lowest BCUT2D eigenvalue weighted by atomic mass is 9.95. The molecule has 3 aromatic carbocycles. The van der Waals surface area contributed by atoms with Crippen LogP contribution in [0.2, 0.25) is 0 Å². The Morgan fingerprint density at radius 2 is 1.76 bits per heavy atom. The Kier molecular flexibility index (Phi) is 9.45. The van der Waals surface area contributed by atoms with Crippen molar-refractivity contribution in [1.82, 2.24) is 10.2 Å². The number of carbonyl (C=O) groups excluding carboxylic acids is 2. The molecule has 0 radical (unpaired) electrons. The average Bonchev–Trinajstić information content (AvgIpc) is 2.93. The van der Waals surface area contributed by atoms with E-state index in [0.29, 0.717) is 18.7 Å². The fourth-order valence-corrected chi connectivity index (χ4v) is 5.55. The molecule has 7 heteroatoms. The lowest BCUT2D eigenvalue weighted by Crippen LogP contribution is -2.52. The quantitative estimate of drug-likeness (QED) is 0.315. The number of hydrogen-bond donors (Lipinski definition) is 1. The highest BCUT2D eigenvalue weighted by atomic mass is 79.9. The van der Waals surface area contributed by atoms with Crippen molar-refractivity contribution in [2.45, 2.75) is 64.1 Å². The van der Waals surface area contributed by atoms with Crippen LogP contribution in [-0.2, 0) is 16.1 Å². The number of amides is 2. The first-order chi connectivity index (χ1) is 18.0. The Bertz CT molecular complexity index is 1210. The van der Waals surface area contributed by atoms with Crippen LogP contribution in [0.1, 0.15) is 51.0 Å². The Morgan fingerprint density at radius 3 is 2.46 bits per heavy atom. The largest absolute Gasteiger partial charge is 0.497 e. The Hall–Kier alpha value is -3.06. The predicted octanol–water partition coefficient (Wildman–Crippen LogP) is 6.25. The van der Waals surface area contributed by atoms with Gasteiger partial charge in [0.15, 0.2) is 6.61 Å². The molecule has 1 fully saturated rings. The number of fused-ring (bicyclic) bond motifs is 1. The van der Waals surface area contributed by atoms with Gasteiger partial charge in [0, 0.05) is 12.6 Å². The summed E-state index contributed by atoms with van der Waals surface area (Å²) >= 11 is 3.63. The van der Waals surface area contributed by atoms with E-state index in [2.05, 4.69) is 21.2 Å². The molecule has 0 heterocycles. The van der Waals surface area contributed by atoms with E-state index in [-0.39, 0.29) is 24.5 Å². The monoisotopic (exact) mass is 566 g/mol. The van der Waals surface area contributed by atoms with Gasteiger partial charge in [-0.2, -0.15) is 0 Å². The second-order valence-corrected chi connectivity index (χ2v) is 10.3. The van der Waals surface area contributed by atoms with Crippen molar-refractivity contribution < 1.29 is 19.1 Å². The fourth-order valence-electron chi connectivity index (χ4n) is 4.94. The summed E-state index contributed by atoms with van der Waals surface area (Å²) in [4.78, 5) is 28.6. The van der Waals surface area contributed by atoms with Gasteiger partial charge in [0.25, 0.3) is 5.91 Å². The summed E-state index contributed by atoms with van der Waals surface area (Å²) in [6.07, 6.45) is 5.98. The number of methoxy groups -OCH3 is 1. The van der Waals surface area contributed by atoms with Crippen LogP contribution < -0.4 is 14.8 Å². The van der Waals surface area contributed by atoms with Crippen LogP contribution >= 0.6 is 15.9 Å². The van der Waals surface area contributed by atoms with E-state index >= 15 is 0 Å². The number of rotatable bonds is 10. The molecule has 37 heavy (non-hydrogen) atoms. The molecule has 0 unspecified atom stereocenters. The van der Waals surface area contributed by atoms with Crippen molar-refractivity contribution in [3.8, 4) is 11.5 Å². The second kappa shape index (κ2) is 13.0. The lowest BCUT2D eigenvalue weighted by molar-refractivity contribution is -0.143. The minimum absolute atomic E-state index is 0.0943. The molecule has 3 aromatic rings. The van der Waals surface area contributed by atoms with Gasteiger partial charge in [-0.15, -0.1) is 0 Å². The van der Waals surface area contributed by atoms with Gasteiger partial charge in [0.05, 0.1) is 11.6 Å². The first kappa shape index (κ1) is 27.0. The first-order valence-electron chi connectivity index (χ1n) is 13.0. The molecule has 0 spiro atoms. The molecule has 1 atom stereocenters. The molecule has 0 aromatic heterocycles. The van der Waals surface area contributed by atoms with Crippen molar-refractivity contribution in [2.75, 3.05) is 13.7 Å². The van der Waals surface area contributed by atoms with Crippen molar-refractivity contribution in [1.29, 1.82) is 0 Å². The highest BCUT2D eigenvalue weighted by Crippen LogP contribution is 2.33. The van der Waals surface area contributed by atoms with Crippen LogP contribution in [0.3, 0.4) is 0 Å². The van der Waals surface area contributed by atoms with Crippen LogP contribution in [0.5, 0.6) is 11.5 Å². The standard InChI is InChI=1S/C30H35BrN2O4/c1-3-26(30(35)32-23-10-5-4-6-11-23)33(19-21-13-16-24(36-2)17-14-21)28(34)20-37-27-18-15-22-9-7-8-12-25(22)29(27)31/h7-9,12-18,23,26H,3-6,10-11,19-20H2,1-2H3,(H,32,35)/t26-/m1/s1. The number of benzene rings is 3. The Balaban J connectivity index is 1.53. The average molecular weight is 568 g/mol.